The summed E-state index contributed by atoms with van der Waals surface area (Å²) in [6.07, 6.45) is 2.34. The summed E-state index contributed by atoms with van der Waals surface area (Å²) in [6.45, 7) is 7.58. The molecule has 3 heteroatoms. The summed E-state index contributed by atoms with van der Waals surface area (Å²) in [6, 6.07) is 13.9. The average molecular weight is 276 g/mol. The molecule has 1 aliphatic heterocycles. The number of hydrogen-bond donors (Lipinski definition) is 0. The number of epoxide rings is 1. The maximum atomic E-state index is 6.49. The molecule has 1 unspecified atom stereocenters. The first-order valence-corrected chi connectivity index (χ1v) is 9.83. The molecule has 0 aliphatic carbocycles. The molecule has 0 N–H and O–H groups in total. The van der Waals surface area contributed by atoms with E-state index in [9.17, 15) is 0 Å². The molecule has 0 radical (unpaired) electrons. The molecule has 104 valence electrons. The third kappa shape index (κ3) is 3.70. The Labute approximate surface area is 117 Å². The molecule has 0 spiro atoms. The van der Waals surface area contributed by atoms with Crippen LogP contribution in [0.1, 0.15) is 26.3 Å². The van der Waals surface area contributed by atoms with Crippen molar-refractivity contribution in [3.05, 3.63) is 41.7 Å². The van der Waals surface area contributed by atoms with E-state index in [1.165, 1.54) is 23.7 Å². The van der Waals surface area contributed by atoms with Gasteiger partial charge >= 0.3 is 0 Å². The molecule has 1 atom stereocenters. The highest BCUT2D eigenvalue weighted by Gasteiger charge is 2.37. The van der Waals surface area contributed by atoms with Crippen molar-refractivity contribution in [1.82, 2.24) is 0 Å². The zero-order chi connectivity index (χ0) is 13.7. The van der Waals surface area contributed by atoms with E-state index < -0.39 is 8.32 Å². The summed E-state index contributed by atoms with van der Waals surface area (Å²) in [7, 11) is -1.61. The Morgan fingerprint density at radius 1 is 1.21 bits per heavy atom. The number of ether oxygens (including phenoxy) is 1. The minimum Gasteiger partial charge on any atom is -0.544 e. The molecule has 1 aromatic rings. The van der Waals surface area contributed by atoms with Gasteiger partial charge in [0, 0.05) is 0 Å². The molecular formula is C16H24O2Si. The molecule has 0 bridgehead atoms. The Kier molecular flexibility index (Phi) is 4.83. The molecule has 0 amide bonds. The lowest BCUT2D eigenvalue weighted by atomic mass is 10.2. The van der Waals surface area contributed by atoms with Crippen molar-refractivity contribution in [2.24, 2.45) is 0 Å². The molecule has 1 aromatic carbocycles. The van der Waals surface area contributed by atoms with Crippen molar-refractivity contribution in [2.45, 2.75) is 45.0 Å². The van der Waals surface area contributed by atoms with Crippen LogP contribution in [-0.2, 0) is 9.16 Å². The molecule has 19 heavy (non-hydrogen) atoms. The van der Waals surface area contributed by atoms with Gasteiger partial charge in [0.05, 0.1) is 6.61 Å². The first-order chi connectivity index (χ1) is 9.23. The maximum Gasteiger partial charge on any atom is 0.250 e. The van der Waals surface area contributed by atoms with E-state index in [0.717, 1.165) is 12.4 Å². The van der Waals surface area contributed by atoms with Gasteiger partial charge in [0.15, 0.2) is 0 Å². The van der Waals surface area contributed by atoms with Crippen LogP contribution >= 0.6 is 0 Å². The normalized spacial score (nSPS) is 19.3. The van der Waals surface area contributed by atoms with Crippen molar-refractivity contribution in [3.8, 4) is 0 Å². The third-order valence-electron chi connectivity index (χ3n) is 4.03. The summed E-state index contributed by atoms with van der Waals surface area (Å²) in [4.78, 5) is 0. The largest absolute Gasteiger partial charge is 0.544 e. The van der Waals surface area contributed by atoms with Gasteiger partial charge in [-0.2, -0.15) is 0 Å². The Hall–Kier alpha value is -1.06. The molecule has 1 heterocycles. The summed E-state index contributed by atoms with van der Waals surface area (Å²) in [5.74, 6) is 1.04. The van der Waals surface area contributed by atoms with Gasteiger partial charge in [-0.15, -0.1) is 0 Å². The standard InChI is InChI=1S/C16H24O2Si/c1-4-19(5-2,6-3)18-15(16-13-17-16)12-14-10-8-7-9-11-14/h7-12,16H,4-6,13H2,1-3H3/b15-12-. The fourth-order valence-electron chi connectivity index (χ4n) is 2.33. The van der Waals surface area contributed by atoms with Crippen LogP contribution in [0, 0.1) is 0 Å². The van der Waals surface area contributed by atoms with Crippen LogP contribution < -0.4 is 0 Å². The van der Waals surface area contributed by atoms with Crippen molar-refractivity contribution in [1.29, 1.82) is 0 Å². The summed E-state index contributed by atoms with van der Waals surface area (Å²) in [5, 5.41) is 0. The molecule has 2 rings (SSSR count). The second-order valence-electron chi connectivity index (χ2n) is 5.13. The van der Waals surface area contributed by atoms with Gasteiger partial charge in [-0.25, -0.2) is 0 Å². The van der Waals surface area contributed by atoms with E-state index in [2.05, 4.69) is 51.1 Å². The molecule has 1 fully saturated rings. The zero-order valence-corrected chi connectivity index (χ0v) is 13.2. The lowest BCUT2D eigenvalue weighted by molar-refractivity contribution is 0.331. The monoisotopic (exact) mass is 276 g/mol. The van der Waals surface area contributed by atoms with E-state index in [0.29, 0.717) is 0 Å². The lowest BCUT2D eigenvalue weighted by Gasteiger charge is -2.30. The van der Waals surface area contributed by atoms with E-state index in [1.807, 2.05) is 6.07 Å². The van der Waals surface area contributed by atoms with Crippen LogP contribution in [0.2, 0.25) is 18.1 Å². The molecular weight excluding hydrogens is 252 g/mol. The van der Waals surface area contributed by atoms with E-state index >= 15 is 0 Å². The van der Waals surface area contributed by atoms with Crippen LogP contribution in [-0.4, -0.2) is 21.0 Å². The minimum atomic E-state index is -1.61. The maximum absolute atomic E-state index is 6.49. The van der Waals surface area contributed by atoms with Crippen molar-refractivity contribution in [3.63, 3.8) is 0 Å². The van der Waals surface area contributed by atoms with Gasteiger partial charge < -0.3 is 9.16 Å². The lowest BCUT2D eigenvalue weighted by Crippen LogP contribution is -2.36. The van der Waals surface area contributed by atoms with E-state index in [4.69, 9.17) is 9.16 Å². The topological polar surface area (TPSA) is 21.8 Å². The third-order valence-corrected chi connectivity index (χ3v) is 8.56. The molecule has 1 aliphatic rings. The van der Waals surface area contributed by atoms with E-state index in [-0.39, 0.29) is 6.10 Å². The van der Waals surface area contributed by atoms with Gasteiger partial charge in [-0.05, 0) is 29.8 Å². The van der Waals surface area contributed by atoms with Crippen LogP contribution in [0.4, 0.5) is 0 Å². The smallest absolute Gasteiger partial charge is 0.250 e. The Morgan fingerprint density at radius 3 is 2.26 bits per heavy atom. The highest BCUT2D eigenvalue weighted by atomic mass is 28.4. The second kappa shape index (κ2) is 6.39. The van der Waals surface area contributed by atoms with Crippen molar-refractivity contribution in [2.75, 3.05) is 6.61 Å². The predicted molar refractivity (Wildman–Crippen MR) is 82.4 cm³/mol. The van der Waals surface area contributed by atoms with E-state index in [1.54, 1.807) is 0 Å². The second-order valence-corrected chi connectivity index (χ2v) is 9.82. The molecule has 2 nitrogen and oxygen atoms in total. The molecule has 1 saturated heterocycles. The number of hydrogen-bond acceptors (Lipinski definition) is 2. The Balaban J connectivity index is 2.19. The van der Waals surface area contributed by atoms with Gasteiger partial charge in [-0.1, -0.05) is 51.1 Å². The fraction of sp³-hybridized carbons (Fsp3) is 0.500. The highest BCUT2D eigenvalue weighted by Crippen LogP contribution is 2.31. The van der Waals surface area contributed by atoms with Crippen LogP contribution in [0.25, 0.3) is 6.08 Å². The fourth-order valence-corrected chi connectivity index (χ4v) is 4.95. The van der Waals surface area contributed by atoms with Crippen molar-refractivity contribution >= 4 is 14.4 Å². The first-order valence-electron chi connectivity index (χ1n) is 7.30. The Morgan fingerprint density at radius 2 is 1.79 bits per heavy atom. The van der Waals surface area contributed by atoms with Crippen LogP contribution in [0.5, 0.6) is 0 Å². The molecule has 0 aromatic heterocycles. The highest BCUT2D eigenvalue weighted by molar-refractivity contribution is 6.73. The van der Waals surface area contributed by atoms with Crippen LogP contribution in [0.15, 0.2) is 36.1 Å². The van der Waals surface area contributed by atoms with Crippen LogP contribution in [0.3, 0.4) is 0 Å². The van der Waals surface area contributed by atoms with Gasteiger partial charge in [0.1, 0.15) is 11.9 Å². The summed E-state index contributed by atoms with van der Waals surface area (Å²) in [5.41, 5.74) is 1.19. The predicted octanol–water partition coefficient (Wildman–Crippen LogP) is 4.45. The minimum absolute atomic E-state index is 0.191. The average Bonchev–Trinajstić information content (AvgIpc) is 3.30. The first kappa shape index (κ1) is 14.3. The van der Waals surface area contributed by atoms with Gasteiger partial charge in [0.2, 0.25) is 8.32 Å². The van der Waals surface area contributed by atoms with Gasteiger partial charge in [-0.3, -0.25) is 0 Å². The summed E-state index contributed by atoms with van der Waals surface area (Å²) < 4.78 is 11.9. The van der Waals surface area contributed by atoms with Crippen molar-refractivity contribution < 1.29 is 9.16 Å². The quantitative estimate of drug-likeness (QED) is 0.417. The SMILES string of the molecule is CC[Si](CC)(CC)O/C(=C\c1ccccc1)C1CO1. The number of rotatable bonds is 7. The molecule has 0 saturated carbocycles. The zero-order valence-electron chi connectivity index (χ0n) is 12.2. The van der Waals surface area contributed by atoms with Gasteiger partial charge in [0.25, 0.3) is 0 Å². The Bertz CT molecular complexity index is 411. The summed E-state index contributed by atoms with van der Waals surface area (Å²) >= 11 is 0. The number of benzene rings is 1.